The molecule has 1 saturated heterocycles. The second-order valence-electron chi connectivity index (χ2n) is 8.38. The summed E-state index contributed by atoms with van der Waals surface area (Å²) >= 11 is 2.24. The quantitative estimate of drug-likeness (QED) is 0.260. The summed E-state index contributed by atoms with van der Waals surface area (Å²) in [6.45, 7) is 1.62. The van der Waals surface area contributed by atoms with Crippen molar-refractivity contribution in [1.82, 2.24) is 0 Å². The highest BCUT2D eigenvalue weighted by atomic mass is 127. The van der Waals surface area contributed by atoms with Gasteiger partial charge in [0.15, 0.2) is 0 Å². The zero-order valence-electron chi connectivity index (χ0n) is 19.0. The normalized spacial score (nSPS) is 24.7. The molecule has 1 aliphatic heterocycles. The summed E-state index contributed by atoms with van der Waals surface area (Å²) in [6.07, 6.45) is -2.54. The number of rotatable bonds is 11. The standard InChI is InChI=1S/C28H31IO5/c29-16-24-26(30)28(33-19-23-14-8-3-9-15-23)27(32-18-22-12-6-2-7-13-22)25(34-24)20-31-17-21-10-4-1-5-11-21/h1-15,24-28,30H,16-20H2/t24-,25?,26?,27-,28+/m1/s1. The number of alkyl halides is 1. The van der Waals surface area contributed by atoms with Crippen molar-refractivity contribution in [3.8, 4) is 0 Å². The maximum absolute atomic E-state index is 11.1. The number of ether oxygens (including phenoxy) is 4. The zero-order chi connectivity index (χ0) is 23.6. The van der Waals surface area contributed by atoms with Crippen molar-refractivity contribution >= 4 is 22.6 Å². The van der Waals surface area contributed by atoms with E-state index in [1.165, 1.54) is 0 Å². The molecule has 0 saturated carbocycles. The molecule has 3 aromatic carbocycles. The van der Waals surface area contributed by atoms with E-state index in [9.17, 15) is 5.11 Å². The average molecular weight is 574 g/mol. The van der Waals surface area contributed by atoms with Gasteiger partial charge in [-0.2, -0.15) is 0 Å². The number of benzene rings is 3. The summed E-state index contributed by atoms with van der Waals surface area (Å²) in [6, 6.07) is 30.0. The molecule has 1 heterocycles. The summed E-state index contributed by atoms with van der Waals surface area (Å²) in [7, 11) is 0. The van der Waals surface area contributed by atoms with Crippen molar-refractivity contribution in [3.63, 3.8) is 0 Å². The second-order valence-corrected chi connectivity index (χ2v) is 9.26. The fourth-order valence-electron chi connectivity index (χ4n) is 4.06. The molecule has 0 radical (unpaired) electrons. The average Bonchev–Trinajstić information content (AvgIpc) is 2.89. The molecule has 0 aromatic heterocycles. The molecule has 0 amide bonds. The van der Waals surface area contributed by atoms with Gasteiger partial charge in [-0.1, -0.05) is 114 Å². The Bertz CT molecular complexity index is 956. The highest BCUT2D eigenvalue weighted by molar-refractivity contribution is 14.1. The molecule has 180 valence electrons. The molecular formula is C28H31IO5. The number of hydrogen-bond acceptors (Lipinski definition) is 5. The predicted octanol–water partition coefficient (Wildman–Crippen LogP) is 4.94. The summed E-state index contributed by atoms with van der Waals surface area (Å²) in [5.74, 6) is 0. The zero-order valence-corrected chi connectivity index (χ0v) is 21.2. The van der Waals surface area contributed by atoms with Crippen LogP contribution in [0, 0.1) is 0 Å². The van der Waals surface area contributed by atoms with Crippen LogP contribution < -0.4 is 0 Å². The van der Waals surface area contributed by atoms with Gasteiger partial charge in [0.05, 0.1) is 32.5 Å². The van der Waals surface area contributed by atoms with E-state index < -0.39 is 18.3 Å². The van der Waals surface area contributed by atoms with E-state index >= 15 is 0 Å². The van der Waals surface area contributed by atoms with E-state index in [-0.39, 0.29) is 12.2 Å². The van der Waals surface area contributed by atoms with Crippen molar-refractivity contribution in [1.29, 1.82) is 0 Å². The van der Waals surface area contributed by atoms with Gasteiger partial charge < -0.3 is 24.1 Å². The predicted molar refractivity (Wildman–Crippen MR) is 140 cm³/mol. The van der Waals surface area contributed by atoms with Crippen LogP contribution in [0.3, 0.4) is 0 Å². The van der Waals surface area contributed by atoms with Crippen molar-refractivity contribution in [2.75, 3.05) is 11.0 Å². The van der Waals surface area contributed by atoms with Crippen LogP contribution in [0.4, 0.5) is 0 Å². The number of aliphatic hydroxyl groups is 1. The molecule has 2 unspecified atom stereocenters. The first-order valence-corrected chi connectivity index (χ1v) is 13.1. The van der Waals surface area contributed by atoms with Crippen LogP contribution >= 0.6 is 22.6 Å². The number of hydrogen-bond donors (Lipinski definition) is 1. The van der Waals surface area contributed by atoms with E-state index in [1.807, 2.05) is 91.0 Å². The number of halogens is 1. The molecule has 0 aliphatic carbocycles. The van der Waals surface area contributed by atoms with E-state index in [1.54, 1.807) is 0 Å². The fraction of sp³-hybridized carbons (Fsp3) is 0.357. The monoisotopic (exact) mass is 574 g/mol. The van der Waals surface area contributed by atoms with Crippen LogP contribution in [0.15, 0.2) is 91.0 Å². The van der Waals surface area contributed by atoms with Crippen LogP contribution in [-0.4, -0.2) is 46.7 Å². The minimum Gasteiger partial charge on any atom is -0.388 e. The van der Waals surface area contributed by atoms with Gasteiger partial charge >= 0.3 is 0 Å². The molecule has 1 aliphatic rings. The third kappa shape index (κ3) is 7.10. The Labute approximate surface area is 215 Å². The summed E-state index contributed by atoms with van der Waals surface area (Å²) in [5, 5.41) is 11.1. The topological polar surface area (TPSA) is 57.2 Å². The Kier molecular flexibility index (Phi) is 9.91. The SMILES string of the molecule is OC1[C@@H](CI)OC(COCc2ccccc2)[C@@H](OCc2ccccc2)[C@H]1OCc1ccccc1. The Morgan fingerprint density at radius 2 is 1.12 bits per heavy atom. The van der Waals surface area contributed by atoms with E-state index in [4.69, 9.17) is 18.9 Å². The highest BCUT2D eigenvalue weighted by Gasteiger charge is 2.46. The molecular weight excluding hydrogens is 543 g/mol. The maximum Gasteiger partial charge on any atom is 0.115 e. The first-order valence-electron chi connectivity index (χ1n) is 11.6. The Hall–Kier alpha value is -1.81. The molecule has 6 heteroatoms. The summed E-state index contributed by atoms with van der Waals surface area (Å²) < 4.78 is 25.6. The van der Waals surface area contributed by atoms with Gasteiger partial charge in [-0.3, -0.25) is 0 Å². The van der Waals surface area contributed by atoms with Gasteiger partial charge in [0.1, 0.15) is 24.4 Å². The Morgan fingerprint density at radius 3 is 1.62 bits per heavy atom. The highest BCUT2D eigenvalue weighted by Crippen LogP contribution is 2.29. The van der Waals surface area contributed by atoms with Crippen molar-refractivity contribution in [2.45, 2.75) is 50.3 Å². The van der Waals surface area contributed by atoms with Crippen LogP contribution in [-0.2, 0) is 38.8 Å². The van der Waals surface area contributed by atoms with E-state index in [0.29, 0.717) is 30.9 Å². The largest absolute Gasteiger partial charge is 0.388 e. The van der Waals surface area contributed by atoms with Crippen LogP contribution in [0.5, 0.6) is 0 Å². The van der Waals surface area contributed by atoms with Gasteiger partial charge in [0, 0.05) is 4.43 Å². The lowest BCUT2D eigenvalue weighted by atomic mass is 9.95. The van der Waals surface area contributed by atoms with Crippen molar-refractivity contribution < 1.29 is 24.1 Å². The molecule has 3 aromatic rings. The number of aliphatic hydroxyl groups excluding tert-OH is 1. The van der Waals surface area contributed by atoms with Gasteiger partial charge in [0.2, 0.25) is 0 Å². The van der Waals surface area contributed by atoms with Gasteiger partial charge in [0.25, 0.3) is 0 Å². The van der Waals surface area contributed by atoms with Crippen LogP contribution in [0.1, 0.15) is 16.7 Å². The molecule has 1 fully saturated rings. The minimum absolute atomic E-state index is 0.347. The lowest BCUT2D eigenvalue weighted by Gasteiger charge is -2.44. The summed E-state index contributed by atoms with van der Waals surface area (Å²) in [4.78, 5) is 0. The molecule has 4 rings (SSSR count). The third-order valence-corrected chi connectivity index (χ3v) is 6.74. The van der Waals surface area contributed by atoms with Crippen molar-refractivity contribution in [3.05, 3.63) is 108 Å². The third-order valence-electron chi connectivity index (χ3n) is 5.87. The Balaban J connectivity index is 1.48. The van der Waals surface area contributed by atoms with Crippen LogP contribution in [0.2, 0.25) is 0 Å². The first kappa shape index (κ1) is 25.3. The lowest BCUT2D eigenvalue weighted by molar-refractivity contribution is -0.255. The first-order chi connectivity index (χ1) is 16.7. The lowest BCUT2D eigenvalue weighted by Crippen LogP contribution is -2.60. The fourth-order valence-corrected chi connectivity index (χ4v) is 4.79. The molecule has 5 nitrogen and oxygen atoms in total. The van der Waals surface area contributed by atoms with Crippen LogP contribution in [0.25, 0.3) is 0 Å². The second kappa shape index (κ2) is 13.3. The molecule has 1 N–H and O–H groups in total. The smallest absolute Gasteiger partial charge is 0.115 e. The van der Waals surface area contributed by atoms with E-state index in [2.05, 4.69) is 22.6 Å². The van der Waals surface area contributed by atoms with Gasteiger partial charge in [-0.15, -0.1) is 0 Å². The minimum atomic E-state index is -0.799. The molecule has 5 atom stereocenters. The molecule has 34 heavy (non-hydrogen) atoms. The van der Waals surface area contributed by atoms with E-state index in [0.717, 1.165) is 16.7 Å². The molecule has 0 spiro atoms. The molecule has 0 bridgehead atoms. The van der Waals surface area contributed by atoms with Gasteiger partial charge in [-0.05, 0) is 16.7 Å². The van der Waals surface area contributed by atoms with Crippen molar-refractivity contribution in [2.24, 2.45) is 0 Å². The summed E-state index contributed by atoms with van der Waals surface area (Å²) in [5.41, 5.74) is 3.20. The van der Waals surface area contributed by atoms with Gasteiger partial charge in [-0.25, -0.2) is 0 Å². The Morgan fingerprint density at radius 1 is 0.647 bits per heavy atom. The maximum atomic E-state index is 11.1.